The Morgan fingerprint density at radius 1 is 1.30 bits per heavy atom. The van der Waals surface area contributed by atoms with Crippen LogP contribution in [0.1, 0.15) is 43.7 Å². The summed E-state index contributed by atoms with van der Waals surface area (Å²) >= 11 is 0. The van der Waals surface area contributed by atoms with E-state index in [9.17, 15) is 5.11 Å². The Balaban J connectivity index is 1.83. The number of hydrogen-bond donors (Lipinski definition) is 1. The Bertz CT molecular complexity index is 591. The molecule has 0 radical (unpaired) electrons. The highest BCUT2D eigenvalue weighted by molar-refractivity contribution is 5.56. The summed E-state index contributed by atoms with van der Waals surface area (Å²) in [6, 6.07) is 10.6. The quantitative estimate of drug-likeness (QED) is 0.933. The first-order valence-corrected chi connectivity index (χ1v) is 7.21. The summed E-state index contributed by atoms with van der Waals surface area (Å²) in [6.07, 6.45) is 2.47. The molecule has 0 fully saturated rings. The van der Waals surface area contributed by atoms with Crippen molar-refractivity contribution in [2.75, 3.05) is 11.4 Å². The van der Waals surface area contributed by atoms with Crippen molar-refractivity contribution < 1.29 is 5.11 Å². The zero-order valence-electron chi connectivity index (χ0n) is 12.0. The van der Waals surface area contributed by atoms with Crippen LogP contribution in [0.5, 0.6) is 0 Å². The molecule has 106 valence electrons. The van der Waals surface area contributed by atoms with Crippen LogP contribution in [0.3, 0.4) is 0 Å². The van der Waals surface area contributed by atoms with Crippen LogP contribution >= 0.6 is 0 Å². The predicted molar refractivity (Wildman–Crippen MR) is 79.7 cm³/mol. The summed E-state index contributed by atoms with van der Waals surface area (Å²) in [6.45, 7) is 5.92. The van der Waals surface area contributed by atoms with Gasteiger partial charge in [-0.1, -0.05) is 18.2 Å². The summed E-state index contributed by atoms with van der Waals surface area (Å²) in [4.78, 5) is 2.30. The molecule has 0 aliphatic carbocycles. The Kier molecular flexibility index (Phi) is 3.49. The number of hydrogen-bond acceptors (Lipinski definition) is 3. The van der Waals surface area contributed by atoms with Gasteiger partial charge in [0, 0.05) is 30.0 Å². The lowest BCUT2D eigenvalue weighted by atomic mass is 9.99. The van der Waals surface area contributed by atoms with E-state index in [0.717, 1.165) is 36.5 Å². The van der Waals surface area contributed by atoms with E-state index in [4.69, 9.17) is 0 Å². The molecule has 3 rings (SSSR count). The van der Waals surface area contributed by atoms with Gasteiger partial charge in [-0.05, 0) is 32.4 Å². The van der Waals surface area contributed by atoms with Crippen LogP contribution in [0.15, 0.2) is 36.5 Å². The molecule has 2 heterocycles. The van der Waals surface area contributed by atoms with Crippen LogP contribution in [0.2, 0.25) is 0 Å². The van der Waals surface area contributed by atoms with Crippen LogP contribution in [0.25, 0.3) is 0 Å². The molecule has 1 aromatic heterocycles. The molecular formula is C16H21N3O. The zero-order valence-corrected chi connectivity index (χ0v) is 12.0. The number of aliphatic hydroxyl groups excluding tert-OH is 1. The molecule has 1 aromatic carbocycles. The smallest absolute Gasteiger partial charge is 0.0826 e. The fraction of sp³-hybridized carbons (Fsp3) is 0.438. The Morgan fingerprint density at radius 2 is 2.10 bits per heavy atom. The second-order valence-electron chi connectivity index (χ2n) is 5.67. The molecule has 1 N–H and O–H groups in total. The number of aromatic nitrogens is 2. The number of fused-ring (bicyclic) bond motifs is 1. The molecule has 4 nitrogen and oxygen atoms in total. The van der Waals surface area contributed by atoms with Gasteiger partial charge in [-0.25, -0.2) is 0 Å². The van der Waals surface area contributed by atoms with Crippen molar-refractivity contribution >= 4 is 5.69 Å². The number of rotatable bonds is 3. The normalized spacial score (nSPS) is 18.4. The number of aliphatic hydroxyl groups is 1. The maximum atomic E-state index is 10.1. The van der Waals surface area contributed by atoms with Gasteiger partial charge in [0.2, 0.25) is 0 Å². The van der Waals surface area contributed by atoms with Crippen LogP contribution in [0.4, 0.5) is 5.69 Å². The molecule has 0 amide bonds. The third-order valence-corrected chi connectivity index (χ3v) is 3.85. The van der Waals surface area contributed by atoms with Crippen molar-refractivity contribution in [3.63, 3.8) is 0 Å². The van der Waals surface area contributed by atoms with Crippen molar-refractivity contribution in [2.45, 2.75) is 39.0 Å². The zero-order chi connectivity index (χ0) is 14.1. The fourth-order valence-electron chi connectivity index (χ4n) is 2.72. The van der Waals surface area contributed by atoms with E-state index in [-0.39, 0.29) is 6.10 Å². The van der Waals surface area contributed by atoms with Crippen LogP contribution < -0.4 is 4.90 Å². The topological polar surface area (TPSA) is 41.3 Å². The maximum Gasteiger partial charge on any atom is 0.0826 e. The highest BCUT2D eigenvalue weighted by Crippen LogP contribution is 2.34. The van der Waals surface area contributed by atoms with E-state index in [0.29, 0.717) is 6.04 Å². The molecule has 4 heteroatoms. The maximum absolute atomic E-state index is 10.1. The first-order valence-electron chi connectivity index (χ1n) is 7.21. The Labute approximate surface area is 119 Å². The van der Waals surface area contributed by atoms with E-state index in [2.05, 4.69) is 36.0 Å². The highest BCUT2D eigenvalue weighted by atomic mass is 16.3. The molecule has 1 unspecified atom stereocenters. The van der Waals surface area contributed by atoms with E-state index >= 15 is 0 Å². The van der Waals surface area contributed by atoms with Crippen LogP contribution in [0, 0.1) is 0 Å². The number of nitrogens with zero attached hydrogens (tertiary/aromatic N) is 3. The van der Waals surface area contributed by atoms with Gasteiger partial charge in [0.15, 0.2) is 0 Å². The standard InChI is InChI=1S/C16H21N3O/c1-12(2)19-10-7-13(17-19)11-18-9-8-16(20)14-5-3-4-6-15(14)18/h3-7,10,12,16,20H,8-9,11H2,1-2H3. The Morgan fingerprint density at radius 3 is 2.85 bits per heavy atom. The average Bonchev–Trinajstić information content (AvgIpc) is 2.91. The van der Waals surface area contributed by atoms with Crippen LogP contribution in [-0.2, 0) is 6.54 Å². The lowest BCUT2D eigenvalue weighted by molar-refractivity contribution is 0.164. The second kappa shape index (κ2) is 5.29. The fourth-order valence-corrected chi connectivity index (χ4v) is 2.72. The van der Waals surface area contributed by atoms with Gasteiger partial charge < -0.3 is 10.0 Å². The van der Waals surface area contributed by atoms with Crippen molar-refractivity contribution in [3.05, 3.63) is 47.8 Å². The minimum atomic E-state index is -0.337. The van der Waals surface area contributed by atoms with Crippen molar-refractivity contribution in [1.29, 1.82) is 0 Å². The molecular weight excluding hydrogens is 250 g/mol. The van der Waals surface area contributed by atoms with Gasteiger partial charge in [-0.15, -0.1) is 0 Å². The molecule has 20 heavy (non-hydrogen) atoms. The lowest BCUT2D eigenvalue weighted by Gasteiger charge is -2.33. The van der Waals surface area contributed by atoms with Crippen LogP contribution in [-0.4, -0.2) is 21.4 Å². The number of benzene rings is 1. The summed E-state index contributed by atoms with van der Waals surface area (Å²) in [5, 5.41) is 14.7. The number of para-hydroxylation sites is 1. The van der Waals surface area contributed by atoms with E-state index < -0.39 is 0 Å². The van der Waals surface area contributed by atoms with Crippen molar-refractivity contribution in [2.24, 2.45) is 0 Å². The lowest BCUT2D eigenvalue weighted by Crippen LogP contribution is -2.30. The molecule has 1 atom stereocenters. The molecule has 0 saturated heterocycles. The number of anilines is 1. The molecule has 1 aliphatic rings. The summed E-state index contributed by atoms with van der Waals surface area (Å²) in [5.74, 6) is 0. The monoisotopic (exact) mass is 271 g/mol. The van der Waals surface area contributed by atoms with Gasteiger partial charge in [0.05, 0.1) is 18.3 Å². The minimum absolute atomic E-state index is 0.337. The van der Waals surface area contributed by atoms with Gasteiger partial charge in [0.1, 0.15) is 0 Å². The molecule has 0 saturated carbocycles. The summed E-state index contributed by atoms with van der Waals surface area (Å²) in [5.41, 5.74) is 3.23. The largest absolute Gasteiger partial charge is 0.388 e. The van der Waals surface area contributed by atoms with Gasteiger partial charge in [-0.3, -0.25) is 4.68 Å². The first kappa shape index (κ1) is 13.2. The molecule has 0 bridgehead atoms. The Hall–Kier alpha value is -1.81. The molecule has 2 aromatic rings. The third kappa shape index (κ3) is 2.43. The van der Waals surface area contributed by atoms with Gasteiger partial charge >= 0.3 is 0 Å². The molecule has 0 spiro atoms. The summed E-state index contributed by atoms with van der Waals surface area (Å²) < 4.78 is 1.99. The molecule has 1 aliphatic heterocycles. The highest BCUT2D eigenvalue weighted by Gasteiger charge is 2.23. The van der Waals surface area contributed by atoms with Gasteiger partial charge in [-0.2, -0.15) is 5.10 Å². The van der Waals surface area contributed by atoms with Crippen molar-refractivity contribution in [1.82, 2.24) is 9.78 Å². The van der Waals surface area contributed by atoms with E-state index in [1.54, 1.807) is 0 Å². The SMILES string of the molecule is CC(C)n1ccc(CN2CCC(O)c3ccccc32)n1. The predicted octanol–water partition coefficient (Wildman–Crippen LogP) is 2.91. The van der Waals surface area contributed by atoms with Gasteiger partial charge in [0.25, 0.3) is 0 Å². The third-order valence-electron chi connectivity index (χ3n) is 3.85. The van der Waals surface area contributed by atoms with E-state index in [1.807, 2.05) is 29.1 Å². The minimum Gasteiger partial charge on any atom is -0.388 e. The average molecular weight is 271 g/mol. The van der Waals surface area contributed by atoms with Crippen molar-refractivity contribution in [3.8, 4) is 0 Å². The van der Waals surface area contributed by atoms with E-state index in [1.165, 1.54) is 0 Å². The summed E-state index contributed by atoms with van der Waals surface area (Å²) in [7, 11) is 0. The second-order valence-corrected chi connectivity index (χ2v) is 5.67. The first-order chi connectivity index (χ1) is 9.65.